The third-order valence-corrected chi connectivity index (χ3v) is 6.73. The first kappa shape index (κ1) is 22.0. The monoisotopic (exact) mass is 468 g/mol. The van der Waals surface area contributed by atoms with Crippen molar-refractivity contribution in [1.29, 1.82) is 0 Å². The average Bonchev–Trinajstić information content (AvgIpc) is 3.26. The van der Waals surface area contributed by atoms with Crippen molar-refractivity contribution in [3.63, 3.8) is 0 Å². The summed E-state index contributed by atoms with van der Waals surface area (Å²) in [7, 11) is 0. The Bertz CT molecular complexity index is 1340. The van der Waals surface area contributed by atoms with Crippen LogP contribution in [0.15, 0.2) is 89.3 Å². The maximum Gasteiger partial charge on any atom is 0.249 e. The molecule has 3 heterocycles. The number of carbonyl (C=O) groups is 1. The summed E-state index contributed by atoms with van der Waals surface area (Å²) in [6.45, 7) is 3.85. The third-order valence-electron chi connectivity index (χ3n) is 5.82. The predicted octanol–water partition coefficient (Wildman–Crippen LogP) is 5.22. The quantitative estimate of drug-likeness (QED) is 0.392. The molecular formula is C26H24N6OS. The maximum absolute atomic E-state index is 13.6. The van der Waals surface area contributed by atoms with Crippen molar-refractivity contribution in [3.05, 3.63) is 95.8 Å². The number of nitrogens with zero attached hydrogens (tertiary/aromatic N) is 5. The van der Waals surface area contributed by atoms with Gasteiger partial charge in [-0.3, -0.25) is 9.78 Å². The van der Waals surface area contributed by atoms with Crippen molar-refractivity contribution < 1.29 is 4.79 Å². The Kier molecular flexibility index (Phi) is 6.22. The van der Waals surface area contributed by atoms with Gasteiger partial charge in [-0.2, -0.15) is 4.98 Å². The van der Waals surface area contributed by atoms with E-state index in [2.05, 4.69) is 32.4 Å². The van der Waals surface area contributed by atoms with Crippen LogP contribution in [-0.4, -0.2) is 31.4 Å². The number of aliphatic imine (C=N–C) groups is 1. The molecule has 2 atom stereocenters. The van der Waals surface area contributed by atoms with E-state index in [1.165, 1.54) is 5.56 Å². The minimum absolute atomic E-state index is 0.135. The lowest BCUT2D eigenvalue weighted by Gasteiger charge is -2.30. The molecule has 0 bridgehead atoms. The highest BCUT2D eigenvalue weighted by Gasteiger charge is 2.39. The molecule has 0 fully saturated rings. The summed E-state index contributed by atoms with van der Waals surface area (Å²) >= 11 is 1.55. The van der Waals surface area contributed by atoms with Crippen molar-refractivity contribution in [1.82, 2.24) is 19.7 Å². The van der Waals surface area contributed by atoms with Crippen LogP contribution < -0.4 is 5.32 Å². The van der Waals surface area contributed by atoms with E-state index in [1.54, 1.807) is 28.8 Å². The van der Waals surface area contributed by atoms with E-state index in [1.807, 2.05) is 68.4 Å². The predicted molar refractivity (Wildman–Crippen MR) is 134 cm³/mol. The number of hydrogen-bond donors (Lipinski definition) is 1. The summed E-state index contributed by atoms with van der Waals surface area (Å²) < 4.78 is 1.76. The van der Waals surface area contributed by atoms with Gasteiger partial charge < -0.3 is 5.32 Å². The highest BCUT2D eigenvalue weighted by molar-refractivity contribution is 7.98. The fourth-order valence-electron chi connectivity index (χ4n) is 4.08. The Hall–Kier alpha value is -3.78. The maximum atomic E-state index is 13.6. The molecule has 0 saturated carbocycles. The SMILES string of the molecule is CC1=Nc2nc(SCc3ccccc3)nn2C(c2cccnc2)C1C(=O)Nc1ccccc1C. The number of nitrogens with one attached hydrogen (secondary N) is 1. The van der Waals surface area contributed by atoms with Gasteiger partial charge in [-0.1, -0.05) is 66.4 Å². The molecule has 0 spiro atoms. The van der Waals surface area contributed by atoms with E-state index in [4.69, 9.17) is 5.10 Å². The van der Waals surface area contributed by atoms with Gasteiger partial charge in [0.05, 0.1) is 6.04 Å². The second-order valence-electron chi connectivity index (χ2n) is 8.18. The number of hydrogen-bond acceptors (Lipinski definition) is 6. The fourth-order valence-corrected chi connectivity index (χ4v) is 4.86. The van der Waals surface area contributed by atoms with Crippen LogP contribution in [-0.2, 0) is 10.5 Å². The second-order valence-corrected chi connectivity index (χ2v) is 9.12. The molecule has 1 N–H and O–H groups in total. The van der Waals surface area contributed by atoms with Crippen molar-refractivity contribution in [2.75, 3.05) is 5.32 Å². The molecule has 0 radical (unpaired) electrons. The number of rotatable bonds is 6. The lowest BCUT2D eigenvalue weighted by atomic mass is 9.88. The van der Waals surface area contributed by atoms with Crippen LogP contribution in [0.4, 0.5) is 11.6 Å². The molecule has 0 aliphatic carbocycles. The zero-order valence-corrected chi connectivity index (χ0v) is 19.7. The number of thioether (sulfide) groups is 1. The Morgan fingerprint density at radius 1 is 1.03 bits per heavy atom. The molecule has 2 aromatic heterocycles. The first-order chi connectivity index (χ1) is 16.6. The zero-order chi connectivity index (χ0) is 23.5. The van der Waals surface area contributed by atoms with Crippen LogP contribution in [0.25, 0.3) is 0 Å². The standard InChI is InChI=1S/C26H24N6OS/c1-17-9-6-7-13-21(17)29-24(33)22-18(2)28-25-30-26(34-16-19-10-4-3-5-11-19)31-32(25)23(22)20-12-8-14-27-15-20/h3-15,22-23H,16H2,1-2H3,(H,29,33). The first-order valence-corrected chi connectivity index (χ1v) is 12.0. The fraction of sp³-hybridized carbons (Fsp3) is 0.192. The summed E-state index contributed by atoms with van der Waals surface area (Å²) in [5.41, 5.74) is 4.56. The van der Waals surface area contributed by atoms with Gasteiger partial charge >= 0.3 is 0 Å². The van der Waals surface area contributed by atoms with E-state index >= 15 is 0 Å². The molecule has 8 heteroatoms. The van der Waals surface area contributed by atoms with Crippen LogP contribution in [0.1, 0.15) is 29.7 Å². The number of carbonyl (C=O) groups excluding carboxylic acids is 1. The second kappa shape index (κ2) is 9.61. The van der Waals surface area contributed by atoms with Gasteiger partial charge in [-0.05, 0) is 42.7 Å². The Balaban J connectivity index is 1.48. The van der Waals surface area contributed by atoms with Crippen LogP contribution in [0.3, 0.4) is 0 Å². The van der Waals surface area contributed by atoms with E-state index in [0.717, 1.165) is 22.6 Å². The lowest BCUT2D eigenvalue weighted by molar-refractivity contribution is -0.118. The molecule has 170 valence electrons. The highest BCUT2D eigenvalue weighted by Crippen LogP contribution is 2.37. The Morgan fingerprint density at radius 2 is 1.82 bits per heavy atom. The van der Waals surface area contributed by atoms with E-state index in [-0.39, 0.29) is 5.91 Å². The number of benzene rings is 2. The molecule has 34 heavy (non-hydrogen) atoms. The zero-order valence-electron chi connectivity index (χ0n) is 18.9. The third kappa shape index (κ3) is 4.49. The summed E-state index contributed by atoms with van der Waals surface area (Å²) in [5.74, 6) is 0.567. The molecule has 1 aliphatic rings. The van der Waals surface area contributed by atoms with Crippen LogP contribution in [0.5, 0.6) is 0 Å². The minimum atomic E-state index is -0.551. The van der Waals surface area contributed by atoms with Gasteiger partial charge in [0.2, 0.25) is 17.0 Å². The molecule has 5 rings (SSSR count). The number of aryl methyl sites for hydroxylation is 1. The van der Waals surface area contributed by atoms with Gasteiger partial charge in [-0.25, -0.2) is 9.67 Å². The first-order valence-electron chi connectivity index (χ1n) is 11.0. The number of para-hydroxylation sites is 1. The van der Waals surface area contributed by atoms with Crippen molar-refractivity contribution in [2.45, 2.75) is 30.8 Å². The molecule has 2 aromatic carbocycles. The number of amides is 1. The van der Waals surface area contributed by atoms with Crippen LogP contribution in [0, 0.1) is 12.8 Å². The molecule has 1 aliphatic heterocycles. The van der Waals surface area contributed by atoms with Crippen LogP contribution in [0.2, 0.25) is 0 Å². The van der Waals surface area contributed by atoms with E-state index in [0.29, 0.717) is 16.8 Å². The summed E-state index contributed by atoms with van der Waals surface area (Å²) in [5, 5.41) is 8.49. The van der Waals surface area contributed by atoms with Crippen molar-refractivity contribution in [3.8, 4) is 0 Å². The molecule has 4 aromatic rings. The number of aromatic nitrogens is 4. The number of pyridine rings is 1. The van der Waals surface area contributed by atoms with Crippen molar-refractivity contribution in [2.24, 2.45) is 10.9 Å². The Morgan fingerprint density at radius 3 is 2.59 bits per heavy atom. The topological polar surface area (TPSA) is 85.1 Å². The molecule has 7 nitrogen and oxygen atoms in total. The number of fused-ring (bicyclic) bond motifs is 1. The summed E-state index contributed by atoms with van der Waals surface area (Å²) in [4.78, 5) is 27.2. The normalized spacial score (nSPS) is 17.1. The van der Waals surface area contributed by atoms with Crippen LogP contribution >= 0.6 is 11.8 Å². The van der Waals surface area contributed by atoms with Crippen molar-refractivity contribution >= 4 is 35.0 Å². The molecule has 2 unspecified atom stereocenters. The van der Waals surface area contributed by atoms with Gasteiger partial charge in [0, 0.05) is 29.5 Å². The van der Waals surface area contributed by atoms with Gasteiger partial charge in [0.25, 0.3) is 0 Å². The summed E-state index contributed by atoms with van der Waals surface area (Å²) in [6, 6.07) is 21.4. The van der Waals surface area contributed by atoms with Gasteiger partial charge in [0.15, 0.2) is 0 Å². The van der Waals surface area contributed by atoms with Gasteiger partial charge in [-0.15, -0.1) is 5.10 Å². The van der Waals surface area contributed by atoms with E-state index < -0.39 is 12.0 Å². The van der Waals surface area contributed by atoms with E-state index in [9.17, 15) is 4.79 Å². The largest absolute Gasteiger partial charge is 0.325 e. The highest BCUT2D eigenvalue weighted by atomic mass is 32.2. The number of anilines is 1. The smallest absolute Gasteiger partial charge is 0.249 e. The lowest BCUT2D eigenvalue weighted by Crippen LogP contribution is -2.39. The molecule has 0 saturated heterocycles. The Labute approximate surface area is 202 Å². The van der Waals surface area contributed by atoms with Gasteiger partial charge in [0.1, 0.15) is 5.92 Å². The molecule has 1 amide bonds. The average molecular weight is 469 g/mol. The molecular weight excluding hydrogens is 444 g/mol. The minimum Gasteiger partial charge on any atom is -0.325 e. The summed E-state index contributed by atoms with van der Waals surface area (Å²) in [6.07, 6.45) is 3.50.